The maximum atomic E-state index is 12.9. The van der Waals surface area contributed by atoms with Crippen molar-refractivity contribution in [2.75, 3.05) is 27.2 Å². The number of carbonyl (C=O) groups is 2. The number of rotatable bonds is 6. The van der Waals surface area contributed by atoms with Crippen LogP contribution < -0.4 is 0 Å². The fourth-order valence-electron chi connectivity index (χ4n) is 3.37. The topological polar surface area (TPSA) is 86.6 Å². The maximum absolute atomic E-state index is 12.9. The Hall–Kier alpha value is -2.58. The van der Waals surface area contributed by atoms with E-state index in [0.717, 1.165) is 17.8 Å². The molecule has 0 saturated carbocycles. The minimum Gasteiger partial charge on any atom is -0.507 e. The molecule has 1 fully saturated rings. The summed E-state index contributed by atoms with van der Waals surface area (Å²) in [6.45, 7) is 4.74. The first-order valence-electron chi connectivity index (χ1n) is 9.08. The summed E-state index contributed by atoms with van der Waals surface area (Å²) in [6.07, 6.45) is 2.23. The van der Waals surface area contributed by atoms with E-state index in [1.165, 1.54) is 17.5 Å². The molecule has 3 rings (SSSR count). The molecule has 1 N–H and O–H groups in total. The normalized spacial score (nSPS) is 19.0. The fraction of sp³-hybridized carbons (Fsp3) is 0.400. The van der Waals surface area contributed by atoms with Crippen molar-refractivity contribution in [3.8, 4) is 0 Å². The van der Waals surface area contributed by atoms with Crippen molar-refractivity contribution in [1.82, 2.24) is 19.8 Å². The van der Waals surface area contributed by atoms with Gasteiger partial charge in [0, 0.05) is 17.6 Å². The minimum absolute atomic E-state index is 0.104. The van der Waals surface area contributed by atoms with Gasteiger partial charge in [0.25, 0.3) is 11.7 Å². The number of Topliss-reactive ketones (excluding diaryl/α,β-unsaturated/α-hetero) is 1. The van der Waals surface area contributed by atoms with Gasteiger partial charge in [-0.1, -0.05) is 6.07 Å². The van der Waals surface area contributed by atoms with Crippen LogP contribution in [0.15, 0.2) is 29.3 Å². The lowest BCUT2D eigenvalue weighted by Crippen LogP contribution is -2.32. The first-order chi connectivity index (χ1) is 13.3. The van der Waals surface area contributed by atoms with E-state index in [2.05, 4.69) is 9.97 Å². The van der Waals surface area contributed by atoms with Crippen LogP contribution >= 0.6 is 11.3 Å². The molecule has 0 bridgehead atoms. The van der Waals surface area contributed by atoms with Gasteiger partial charge in [-0.25, -0.2) is 9.97 Å². The second-order valence-electron chi connectivity index (χ2n) is 7.08. The summed E-state index contributed by atoms with van der Waals surface area (Å²) in [5.74, 6) is -0.887. The second kappa shape index (κ2) is 8.20. The number of nitrogens with zero attached hydrogens (tertiary/aromatic N) is 4. The zero-order valence-corrected chi connectivity index (χ0v) is 17.3. The van der Waals surface area contributed by atoms with E-state index in [1.54, 1.807) is 18.7 Å². The Kier molecular flexibility index (Phi) is 5.90. The van der Waals surface area contributed by atoms with Gasteiger partial charge >= 0.3 is 0 Å². The van der Waals surface area contributed by atoms with Crippen molar-refractivity contribution in [1.29, 1.82) is 0 Å². The van der Waals surface area contributed by atoms with Gasteiger partial charge in [0.05, 0.1) is 22.9 Å². The van der Waals surface area contributed by atoms with Gasteiger partial charge in [0.2, 0.25) is 0 Å². The summed E-state index contributed by atoms with van der Waals surface area (Å²) in [5, 5.41) is 12.9. The Morgan fingerprint density at radius 3 is 2.68 bits per heavy atom. The van der Waals surface area contributed by atoms with E-state index >= 15 is 0 Å². The summed E-state index contributed by atoms with van der Waals surface area (Å²) >= 11 is 1.46. The van der Waals surface area contributed by atoms with Gasteiger partial charge in [-0.05, 0) is 52.4 Å². The predicted molar refractivity (Wildman–Crippen MR) is 108 cm³/mol. The molecule has 148 valence electrons. The fourth-order valence-corrected chi connectivity index (χ4v) is 4.22. The Morgan fingerprint density at radius 1 is 1.32 bits per heavy atom. The molecular formula is C20H24N4O3S. The molecular weight excluding hydrogens is 376 g/mol. The Morgan fingerprint density at radius 2 is 2.07 bits per heavy atom. The largest absolute Gasteiger partial charge is 0.507 e. The monoisotopic (exact) mass is 400 g/mol. The number of aromatic nitrogens is 2. The molecule has 1 aliphatic heterocycles. The highest BCUT2D eigenvalue weighted by Crippen LogP contribution is 2.41. The number of hydrogen-bond acceptors (Lipinski definition) is 7. The van der Waals surface area contributed by atoms with E-state index in [1.807, 2.05) is 36.5 Å². The lowest BCUT2D eigenvalue weighted by Gasteiger charge is -2.24. The van der Waals surface area contributed by atoms with Crippen molar-refractivity contribution in [3.63, 3.8) is 0 Å². The lowest BCUT2D eigenvalue weighted by atomic mass is 10.00. The van der Waals surface area contributed by atoms with E-state index < -0.39 is 17.7 Å². The van der Waals surface area contributed by atoms with Crippen molar-refractivity contribution in [2.45, 2.75) is 26.3 Å². The van der Waals surface area contributed by atoms with Gasteiger partial charge in [-0.15, -0.1) is 11.3 Å². The highest BCUT2D eigenvalue weighted by atomic mass is 32.1. The number of amides is 1. The minimum atomic E-state index is -0.666. The van der Waals surface area contributed by atoms with Gasteiger partial charge in [-0.3, -0.25) is 9.59 Å². The third kappa shape index (κ3) is 3.83. The average molecular weight is 401 g/mol. The molecule has 1 amide bonds. The van der Waals surface area contributed by atoms with Crippen LogP contribution in [0.4, 0.5) is 0 Å². The molecule has 1 atom stereocenters. The summed E-state index contributed by atoms with van der Waals surface area (Å²) in [6, 6.07) is 3.16. The number of likely N-dealkylation sites (tertiary alicyclic amines) is 1. The lowest BCUT2D eigenvalue weighted by molar-refractivity contribution is -0.139. The van der Waals surface area contributed by atoms with Gasteiger partial charge in [-0.2, -0.15) is 0 Å². The van der Waals surface area contributed by atoms with Gasteiger partial charge in [0.15, 0.2) is 0 Å². The Bertz CT molecular complexity index is 922. The van der Waals surface area contributed by atoms with E-state index in [0.29, 0.717) is 23.6 Å². The smallest absolute Gasteiger partial charge is 0.295 e. The molecule has 0 radical (unpaired) electrons. The highest BCUT2D eigenvalue weighted by Gasteiger charge is 2.46. The summed E-state index contributed by atoms with van der Waals surface area (Å²) in [5.41, 5.74) is 1.04. The van der Waals surface area contributed by atoms with Gasteiger partial charge < -0.3 is 14.9 Å². The molecule has 0 unspecified atom stereocenters. The molecule has 1 aliphatic rings. The van der Waals surface area contributed by atoms with Crippen molar-refractivity contribution in [3.05, 3.63) is 51.2 Å². The molecule has 1 saturated heterocycles. The predicted octanol–water partition coefficient (Wildman–Crippen LogP) is 2.53. The van der Waals surface area contributed by atoms with Crippen LogP contribution in [0, 0.1) is 13.8 Å². The maximum Gasteiger partial charge on any atom is 0.295 e. The van der Waals surface area contributed by atoms with Crippen molar-refractivity contribution >= 4 is 28.8 Å². The molecule has 28 heavy (non-hydrogen) atoms. The van der Waals surface area contributed by atoms with Crippen molar-refractivity contribution < 1.29 is 14.7 Å². The summed E-state index contributed by atoms with van der Waals surface area (Å²) in [4.78, 5) is 38.5. The first kappa shape index (κ1) is 20.2. The summed E-state index contributed by atoms with van der Waals surface area (Å²) < 4.78 is 0. The highest BCUT2D eigenvalue weighted by molar-refractivity contribution is 7.10. The van der Waals surface area contributed by atoms with E-state index in [9.17, 15) is 14.7 Å². The first-order valence-corrected chi connectivity index (χ1v) is 9.96. The number of aliphatic hydroxyl groups is 1. The van der Waals surface area contributed by atoms with E-state index in [4.69, 9.17) is 0 Å². The van der Waals surface area contributed by atoms with E-state index in [-0.39, 0.29) is 11.3 Å². The second-order valence-corrected chi connectivity index (χ2v) is 8.06. The number of hydrogen-bond donors (Lipinski definition) is 1. The SMILES string of the molecule is Cc1ncc(/C(O)=C2\C(=O)C(=O)N(CCCN(C)C)[C@@H]2c2cccs2)c(C)n1. The van der Waals surface area contributed by atoms with Crippen LogP contribution in [0.1, 0.15) is 34.4 Å². The van der Waals surface area contributed by atoms with Crippen LogP contribution in [0.5, 0.6) is 0 Å². The molecule has 2 aromatic rings. The molecule has 0 aliphatic carbocycles. The standard InChI is InChI=1S/C20H24N4O3S/c1-12-14(11-21-13(2)22-12)18(25)16-17(15-7-5-10-28-15)24(20(27)19(16)26)9-6-8-23(3)4/h5,7,10-11,17,25H,6,8-9H2,1-4H3/b18-16+/t17-/m1/s1. The van der Waals surface area contributed by atoms with Crippen LogP contribution in [0.25, 0.3) is 5.76 Å². The third-order valence-electron chi connectivity index (χ3n) is 4.71. The number of aliphatic hydroxyl groups excluding tert-OH is 1. The quantitative estimate of drug-likeness (QED) is 0.456. The van der Waals surface area contributed by atoms with Gasteiger partial charge in [0.1, 0.15) is 11.6 Å². The Balaban J connectivity index is 2.07. The molecule has 8 heteroatoms. The average Bonchev–Trinajstić information content (AvgIpc) is 3.23. The number of carbonyl (C=O) groups excluding carboxylic acids is 2. The molecule has 3 heterocycles. The third-order valence-corrected chi connectivity index (χ3v) is 5.64. The zero-order chi connectivity index (χ0) is 20.4. The molecule has 0 aromatic carbocycles. The van der Waals surface area contributed by atoms with Crippen LogP contribution in [-0.4, -0.2) is 63.7 Å². The summed E-state index contributed by atoms with van der Waals surface area (Å²) in [7, 11) is 3.93. The zero-order valence-electron chi connectivity index (χ0n) is 16.5. The van der Waals surface area contributed by atoms with Crippen LogP contribution in [-0.2, 0) is 9.59 Å². The molecule has 0 spiro atoms. The van der Waals surface area contributed by atoms with Crippen molar-refractivity contribution in [2.24, 2.45) is 0 Å². The van der Waals surface area contributed by atoms with Crippen LogP contribution in [0.3, 0.4) is 0 Å². The molecule has 2 aromatic heterocycles. The number of ketones is 1. The number of aryl methyl sites for hydroxylation is 2. The Labute approximate surface area is 168 Å². The molecule has 7 nitrogen and oxygen atoms in total. The number of thiophene rings is 1. The van der Waals surface area contributed by atoms with Crippen LogP contribution in [0.2, 0.25) is 0 Å².